The molecule has 0 bridgehead atoms. The second-order valence-electron chi connectivity index (χ2n) is 2.13. The first kappa shape index (κ1) is 12.4. The predicted molar refractivity (Wildman–Crippen MR) is 51.8 cm³/mol. The lowest BCUT2D eigenvalue weighted by atomic mass is 10.2. The van der Waals surface area contributed by atoms with Gasteiger partial charge in [-0.25, -0.2) is 8.78 Å². The standard InChI is InChI=1S/C7H5BrF2O.C2H6/c1-3-6(8)4(9)2-5(10)7(3)11;1-2/h2,11H,1H3;1-2H3. The summed E-state index contributed by atoms with van der Waals surface area (Å²) < 4.78 is 25.2. The van der Waals surface area contributed by atoms with Crippen LogP contribution in [0.1, 0.15) is 19.4 Å². The van der Waals surface area contributed by atoms with Gasteiger partial charge >= 0.3 is 0 Å². The van der Waals surface area contributed by atoms with Crippen molar-refractivity contribution in [3.63, 3.8) is 0 Å². The average Bonchev–Trinajstić information content (AvgIpc) is 2.15. The Hall–Kier alpha value is -0.640. The molecule has 0 aromatic heterocycles. The van der Waals surface area contributed by atoms with Crippen LogP contribution in [-0.4, -0.2) is 5.11 Å². The van der Waals surface area contributed by atoms with Crippen molar-refractivity contribution in [1.82, 2.24) is 0 Å². The number of aromatic hydroxyl groups is 1. The molecule has 4 heteroatoms. The lowest BCUT2D eigenvalue weighted by Gasteiger charge is -2.02. The molecule has 1 nitrogen and oxygen atoms in total. The molecule has 0 aliphatic rings. The number of rotatable bonds is 0. The maximum absolute atomic E-state index is 12.6. The van der Waals surface area contributed by atoms with E-state index in [0.717, 1.165) is 0 Å². The third-order valence-corrected chi connectivity index (χ3v) is 2.35. The number of hydrogen-bond acceptors (Lipinski definition) is 1. The molecule has 0 atom stereocenters. The summed E-state index contributed by atoms with van der Waals surface area (Å²) in [6.45, 7) is 5.42. The Morgan fingerprint density at radius 1 is 1.23 bits per heavy atom. The van der Waals surface area contributed by atoms with Gasteiger partial charge in [0, 0.05) is 11.6 Å². The molecule has 1 aromatic rings. The Labute approximate surface area is 84.5 Å². The highest BCUT2D eigenvalue weighted by molar-refractivity contribution is 9.10. The van der Waals surface area contributed by atoms with E-state index in [4.69, 9.17) is 5.11 Å². The largest absolute Gasteiger partial charge is 0.505 e. The Balaban J connectivity index is 0.000000671. The number of phenolic OH excluding ortho intramolecular Hbond substituents is 1. The maximum Gasteiger partial charge on any atom is 0.168 e. The molecule has 0 radical (unpaired) electrons. The van der Waals surface area contributed by atoms with Gasteiger partial charge in [0.05, 0.1) is 4.47 Å². The van der Waals surface area contributed by atoms with Crippen LogP contribution < -0.4 is 0 Å². The molecule has 0 aliphatic heterocycles. The van der Waals surface area contributed by atoms with Gasteiger partial charge in [-0.15, -0.1) is 0 Å². The SMILES string of the molecule is CC.Cc1c(O)c(F)cc(F)c1Br. The molecule has 0 amide bonds. The molecular weight excluding hydrogens is 242 g/mol. The fraction of sp³-hybridized carbons (Fsp3) is 0.333. The summed E-state index contributed by atoms with van der Waals surface area (Å²) in [5.41, 5.74) is 0.169. The highest BCUT2D eigenvalue weighted by Crippen LogP contribution is 2.29. The van der Waals surface area contributed by atoms with Crippen LogP contribution in [-0.2, 0) is 0 Å². The van der Waals surface area contributed by atoms with Crippen molar-refractivity contribution in [2.45, 2.75) is 20.8 Å². The molecule has 0 spiro atoms. The summed E-state index contributed by atoms with van der Waals surface area (Å²) in [7, 11) is 0. The topological polar surface area (TPSA) is 20.2 Å². The van der Waals surface area contributed by atoms with Crippen LogP contribution in [0, 0.1) is 18.6 Å². The van der Waals surface area contributed by atoms with Crippen molar-refractivity contribution in [2.24, 2.45) is 0 Å². The fourth-order valence-corrected chi connectivity index (χ4v) is 1.01. The summed E-state index contributed by atoms with van der Waals surface area (Å²) in [6, 6.07) is 0.631. The van der Waals surface area contributed by atoms with Gasteiger partial charge in [-0.1, -0.05) is 13.8 Å². The van der Waals surface area contributed by atoms with Crippen LogP contribution in [0.15, 0.2) is 10.5 Å². The van der Waals surface area contributed by atoms with Crippen LogP contribution in [0.3, 0.4) is 0 Å². The number of hydrogen-bond donors (Lipinski definition) is 1. The van der Waals surface area contributed by atoms with Gasteiger partial charge < -0.3 is 5.11 Å². The van der Waals surface area contributed by atoms with E-state index in [0.29, 0.717) is 6.07 Å². The lowest BCUT2D eigenvalue weighted by Crippen LogP contribution is -1.87. The zero-order chi connectivity index (χ0) is 10.6. The van der Waals surface area contributed by atoms with Gasteiger partial charge in [0.2, 0.25) is 0 Å². The summed E-state index contributed by atoms with van der Waals surface area (Å²) in [5.74, 6) is -2.17. The van der Waals surface area contributed by atoms with E-state index in [2.05, 4.69) is 15.9 Å². The van der Waals surface area contributed by atoms with Crippen molar-refractivity contribution in [3.8, 4) is 5.75 Å². The molecule has 0 aliphatic carbocycles. The first-order valence-electron chi connectivity index (χ1n) is 3.87. The van der Waals surface area contributed by atoms with Crippen molar-refractivity contribution >= 4 is 15.9 Å². The van der Waals surface area contributed by atoms with E-state index in [-0.39, 0.29) is 10.0 Å². The van der Waals surface area contributed by atoms with Crippen LogP contribution in [0.4, 0.5) is 8.78 Å². The van der Waals surface area contributed by atoms with E-state index >= 15 is 0 Å². The summed E-state index contributed by atoms with van der Waals surface area (Å²) in [5, 5.41) is 8.94. The highest BCUT2D eigenvalue weighted by Gasteiger charge is 2.11. The second-order valence-corrected chi connectivity index (χ2v) is 2.92. The van der Waals surface area contributed by atoms with Gasteiger partial charge in [0.15, 0.2) is 11.6 Å². The minimum atomic E-state index is -0.941. The van der Waals surface area contributed by atoms with Crippen molar-refractivity contribution in [3.05, 3.63) is 27.7 Å². The molecule has 0 saturated heterocycles. The number of phenols is 1. The molecular formula is C9H11BrF2O. The molecule has 1 N–H and O–H groups in total. The van der Waals surface area contributed by atoms with E-state index in [1.807, 2.05) is 13.8 Å². The van der Waals surface area contributed by atoms with E-state index in [1.165, 1.54) is 6.92 Å². The Kier molecular flexibility index (Phi) is 4.91. The van der Waals surface area contributed by atoms with Crippen LogP contribution in [0.25, 0.3) is 0 Å². The third-order valence-electron chi connectivity index (χ3n) is 1.37. The molecule has 0 unspecified atom stereocenters. The zero-order valence-electron chi connectivity index (χ0n) is 7.66. The Morgan fingerprint density at radius 3 is 2.15 bits per heavy atom. The molecule has 0 fully saturated rings. The van der Waals surface area contributed by atoms with E-state index in [9.17, 15) is 8.78 Å². The zero-order valence-corrected chi connectivity index (χ0v) is 9.24. The maximum atomic E-state index is 12.6. The van der Waals surface area contributed by atoms with Gasteiger partial charge in [-0.05, 0) is 22.9 Å². The van der Waals surface area contributed by atoms with Crippen LogP contribution >= 0.6 is 15.9 Å². The molecule has 1 aromatic carbocycles. The molecule has 74 valence electrons. The van der Waals surface area contributed by atoms with Crippen LogP contribution in [0.2, 0.25) is 0 Å². The fourth-order valence-electron chi connectivity index (χ4n) is 0.705. The second kappa shape index (κ2) is 5.17. The normalized spacial score (nSPS) is 9.08. The van der Waals surface area contributed by atoms with Crippen molar-refractivity contribution in [2.75, 3.05) is 0 Å². The smallest absolute Gasteiger partial charge is 0.168 e. The first-order valence-corrected chi connectivity index (χ1v) is 4.66. The van der Waals surface area contributed by atoms with Crippen molar-refractivity contribution < 1.29 is 13.9 Å². The minimum Gasteiger partial charge on any atom is -0.505 e. The monoisotopic (exact) mass is 252 g/mol. The third kappa shape index (κ3) is 2.66. The number of benzene rings is 1. The molecule has 0 saturated carbocycles. The number of halogens is 3. The first-order chi connectivity index (χ1) is 6.04. The predicted octanol–water partition coefficient (Wildman–Crippen LogP) is 3.77. The summed E-state index contributed by atoms with van der Waals surface area (Å²) in [4.78, 5) is 0. The minimum absolute atomic E-state index is 0.0939. The van der Waals surface area contributed by atoms with Gasteiger partial charge in [-0.3, -0.25) is 0 Å². The average molecular weight is 253 g/mol. The van der Waals surface area contributed by atoms with E-state index in [1.54, 1.807) is 0 Å². The van der Waals surface area contributed by atoms with Gasteiger partial charge in [0.25, 0.3) is 0 Å². The lowest BCUT2D eigenvalue weighted by molar-refractivity contribution is 0.422. The Morgan fingerprint density at radius 2 is 1.69 bits per heavy atom. The van der Waals surface area contributed by atoms with Gasteiger partial charge in [0.1, 0.15) is 5.82 Å². The molecule has 0 heterocycles. The highest BCUT2D eigenvalue weighted by atomic mass is 79.9. The van der Waals surface area contributed by atoms with Gasteiger partial charge in [-0.2, -0.15) is 0 Å². The van der Waals surface area contributed by atoms with Crippen molar-refractivity contribution in [1.29, 1.82) is 0 Å². The summed E-state index contributed by atoms with van der Waals surface area (Å²) in [6.07, 6.45) is 0. The van der Waals surface area contributed by atoms with E-state index < -0.39 is 17.4 Å². The molecule has 1 rings (SSSR count). The summed E-state index contributed by atoms with van der Waals surface area (Å²) >= 11 is 2.86. The molecule has 13 heavy (non-hydrogen) atoms. The quantitative estimate of drug-likeness (QED) is 0.698. The Bertz CT molecular complexity index is 274. The van der Waals surface area contributed by atoms with Crippen LogP contribution in [0.5, 0.6) is 5.75 Å².